The molecule has 0 amide bonds. The second-order valence-corrected chi connectivity index (χ2v) is 17.2. The van der Waals surface area contributed by atoms with E-state index in [1.165, 1.54) is 54.5 Å². The zero-order valence-corrected chi connectivity index (χ0v) is 26.9. The van der Waals surface area contributed by atoms with Gasteiger partial charge in [0.05, 0.1) is 17.1 Å². The Balaban J connectivity index is 1.38. The summed E-state index contributed by atoms with van der Waals surface area (Å²) >= 11 is 0. The Morgan fingerprint density at radius 1 is 0.674 bits per heavy atom. The van der Waals surface area contributed by atoms with Crippen molar-refractivity contribution in [1.82, 2.24) is 14.1 Å². The summed E-state index contributed by atoms with van der Waals surface area (Å²) in [5, 5.41) is 5.36. The van der Waals surface area contributed by atoms with Gasteiger partial charge in [0.1, 0.15) is 19.6 Å². The largest absolute Gasteiger partial charge is 0.294 e. The van der Waals surface area contributed by atoms with Gasteiger partial charge in [-0.3, -0.25) is 4.57 Å². The van der Waals surface area contributed by atoms with Crippen LogP contribution < -0.4 is 14.9 Å². The minimum Gasteiger partial charge on any atom is -0.294 e. The number of imidazole rings is 1. The Morgan fingerprint density at radius 2 is 1.40 bits per heavy atom. The highest BCUT2D eigenvalue weighted by Gasteiger charge is 2.29. The molecule has 0 N–H and O–H groups in total. The summed E-state index contributed by atoms with van der Waals surface area (Å²) in [5.74, 6) is 1.42. The van der Waals surface area contributed by atoms with Gasteiger partial charge in [-0.2, -0.15) is 4.57 Å². The van der Waals surface area contributed by atoms with Crippen LogP contribution in [-0.4, -0.2) is 22.2 Å². The van der Waals surface area contributed by atoms with E-state index in [9.17, 15) is 0 Å². The number of hydrogen-bond donors (Lipinski definition) is 0. The normalized spacial score (nSPS) is 12.4. The van der Waals surface area contributed by atoms with E-state index in [1.807, 2.05) is 6.20 Å². The third-order valence-electron chi connectivity index (χ3n) is 9.12. The minimum absolute atomic E-state index is 0.384. The van der Waals surface area contributed by atoms with Crippen molar-refractivity contribution in [3.8, 4) is 11.5 Å². The first-order chi connectivity index (χ1) is 20.7. The van der Waals surface area contributed by atoms with Crippen molar-refractivity contribution < 1.29 is 4.57 Å². The van der Waals surface area contributed by atoms with E-state index in [1.54, 1.807) is 0 Å². The Hall–Kier alpha value is -4.48. The van der Waals surface area contributed by atoms with E-state index in [-0.39, 0.29) is 0 Å². The van der Waals surface area contributed by atoms with E-state index >= 15 is 0 Å². The van der Waals surface area contributed by atoms with Gasteiger partial charge in [-0.15, -0.1) is 0 Å². The first-order valence-electron chi connectivity index (χ1n) is 15.4. The van der Waals surface area contributed by atoms with Crippen molar-refractivity contribution in [2.45, 2.75) is 52.7 Å². The molecule has 0 unspecified atom stereocenters. The molecule has 0 spiro atoms. The van der Waals surface area contributed by atoms with E-state index in [0.29, 0.717) is 12.0 Å². The molecule has 4 nitrogen and oxygen atoms in total. The Morgan fingerprint density at radius 3 is 2.19 bits per heavy atom. The summed E-state index contributed by atoms with van der Waals surface area (Å²) < 4.78 is 7.06. The van der Waals surface area contributed by atoms with E-state index in [2.05, 4.69) is 164 Å². The fraction of sp³-hybridized carbons (Fsp3) is 0.211. The molecule has 3 aromatic heterocycles. The lowest BCUT2D eigenvalue weighted by atomic mass is 10.1. The summed E-state index contributed by atoms with van der Waals surface area (Å²) in [6.07, 6.45) is 4.21. The standard InChI is InChI=1S/C38H39N4Si/c1-26(2)28-20-21-39-38(22-28)42-34-15-8-7-14-32(34)33-19-18-31(24-37(33)42)43(5,6)30-13-11-12-29(23-30)41-25-40(27(3)4)35-16-9-10-17-36(35)41/h7-27H,1-6H3/q+1. The predicted octanol–water partition coefficient (Wildman–Crippen LogP) is 7.94. The number of pyridine rings is 1. The van der Waals surface area contributed by atoms with Gasteiger partial charge in [-0.25, -0.2) is 9.55 Å². The maximum Gasteiger partial charge on any atom is 0.250 e. The maximum atomic E-state index is 4.87. The topological polar surface area (TPSA) is 26.6 Å². The molecule has 0 radical (unpaired) electrons. The van der Waals surface area contributed by atoms with Crippen LogP contribution in [0.3, 0.4) is 0 Å². The number of hydrogen-bond acceptors (Lipinski definition) is 1. The molecular weight excluding hydrogens is 541 g/mol. The maximum absolute atomic E-state index is 4.87. The van der Waals surface area contributed by atoms with Crippen LogP contribution in [0.4, 0.5) is 0 Å². The van der Waals surface area contributed by atoms with Crippen LogP contribution >= 0.6 is 0 Å². The summed E-state index contributed by atoms with van der Waals surface area (Å²) in [6.45, 7) is 13.9. The highest BCUT2D eigenvalue weighted by molar-refractivity contribution is 7.00. The molecule has 214 valence electrons. The van der Waals surface area contributed by atoms with Gasteiger partial charge in [0, 0.05) is 17.0 Å². The molecule has 0 aliphatic carbocycles. The van der Waals surface area contributed by atoms with Crippen LogP contribution in [0.15, 0.2) is 116 Å². The van der Waals surface area contributed by atoms with Crippen molar-refractivity contribution in [2.75, 3.05) is 0 Å². The molecule has 4 aromatic carbocycles. The van der Waals surface area contributed by atoms with Crippen LogP contribution in [0.5, 0.6) is 0 Å². The SMILES string of the molecule is CC(C)c1ccnc(-n2c3ccccc3c3ccc([Si](C)(C)c4cccc(-n5c[n+](C(C)C)c6ccccc65)c4)cc32)c1. The van der Waals surface area contributed by atoms with Gasteiger partial charge in [0.15, 0.2) is 11.0 Å². The average Bonchev–Trinajstić information content (AvgIpc) is 3.57. The summed E-state index contributed by atoms with van der Waals surface area (Å²) in [6, 6.07) is 38.5. The van der Waals surface area contributed by atoms with Gasteiger partial charge in [0.2, 0.25) is 6.33 Å². The van der Waals surface area contributed by atoms with E-state index in [4.69, 9.17) is 4.98 Å². The van der Waals surface area contributed by atoms with Crippen molar-refractivity contribution in [1.29, 1.82) is 0 Å². The summed E-state index contributed by atoms with van der Waals surface area (Å²) in [5.41, 5.74) is 7.41. The zero-order chi connectivity index (χ0) is 29.9. The molecule has 0 aliphatic rings. The highest BCUT2D eigenvalue weighted by atomic mass is 28.3. The van der Waals surface area contributed by atoms with Crippen molar-refractivity contribution in [3.05, 3.63) is 121 Å². The molecule has 43 heavy (non-hydrogen) atoms. The highest BCUT2D eigenvalue weighted by Crippen LogP contribution is 2.32. The van der Waals surface area contributed by atoms with Gasteiger partial charge in [-0.05, 0) is 73.9 Å². The molecule has 7 aromatic rings. The molecular formula is C38H39N4Si+. The van der Waals surface area contributed by atoms with Crippen LogP contribution in [0.2, 0.25) is 13.1 Å². The first kappa shape index (κ1) is 27.4. The first-order valence-corrected chi connectivity index (χ1v) is 18.4. The molecule has 0 saturated carbocycles. The second kappa shape index (κ2) is 10.4. The zero-order valence-electron chi connectivity index (χ0n) is 25.9. The monoisotopic (exact) mass is 579 g/mol. The molecule has 3 heterocycles. The Labute approximate surface area is 254 Å². The minimum atomic E-state index is -2.08. The molecule has 0 atom stereocenters. The van der Waals surface area contributed by atoms with Gasteiger partial charge in [0.25, 0.3) is 0 Å². The van der Waals surface area contributed by atoms with Crippen molar-refractivity contribution >= 4 is 51.3 Å². The predicted molar refractivity (Wildman–Crippen MR) is 183 cm³/mol. The smallest absolute Gasteiger partial charge is 0.250 e. The molecule has 0 fully saturated rings. The molecule has 0 saturated heterocycles. The number of para-hydroxylation sites is 3. The average molecular weight is 580 g/mol. The van der Waals surface area contributed by atoms with Crippen LogP contribution in [0.25, 0.3) is 44.3 Å². The van der Waals surface area contributed by atoms with E-state index in [0.717, 1.165) is 5.82 Å². The van der Waals surface area contributed by atoms with Crippen molar-refractivity contribution in [2.24, 2.45) is 0 Å². The molecule has 5 heteroatoms. The van der Waals surface area contributed by atoms with Gasteiger partial charge < -0.3 is 0 Å². The van der Waals surface area contributed by atoms with Crippen LogP contribution in [0, 0.1) is 0 Å². The Bertz CT molecular complexity index is 2130. The number of nitrogens with zero attached hydrogens (tertiary/aromatic N) is 4. The van der Waals surface area contributed by atoms with Crippen LogP contribution in [-0.2, 0) is 0 Å². The third-order valence-corrected chi connectivity index (χ3v) is 12.6. The number of aromatic nitrogens is 4. The fourth-order valence-corrected chi connectivity index (χ4v) is 8.84. The quantitative estimate of drug-likeness (QED) is 0.145. The van der Waals surface area contributed by atoms with Crippen molar-refractivity contribution in [3.63, 3.8) is 0 Å². The van der Waals surface area contributed by atoms with E-state index < -0.39 is 8.07 Å². The lowest BCUT2D eigenvalue weighted by molar-refractivity contribution is -0.691. The van der Waals surface area contributed by atoms with Crippen LogP contribution in [0.1, 0.15) is 45.2 Å². The lowest BCUT2D eigenvalue weighted by Gasteiger charge is -2.24. The van der Waals surface area contributed by atoms with Gasteiger partial charge in [-0.1, -0.05) is 91.9 Å². The summed E-state index contributed by atoms with van der Waals surface area (Å²) in [7, 11) is -2.08. The molecule has 0 aliphatic heterocycles. The number of fused-ring (bicyclic) bond motifs is 4. The lowest BCUT2D eigenvalue weighted by Crippen LogP contribution is -2.52. The third kappa shape index (κ3) is 4.50. The fourth-order valence-electron chi connectivity index (χ4n) is 6.49. The Kier molecular flexibility index (Phi) is 6.59. The molecule has 0 bridgehead atoms. The molecule has 7 rings (SSSR count). The summed E-state index contributed by atoms with van der Waals surface area (Å²) in [4.78, 5) is 4.87. The number of benzene rings is 4. The van der Waals surface area contributed by atoms with Gasteiger partial charge >= 0.3 is 0 Å². The number of rotatable bonds is 6. The second-order valence-electron chi connectivity index (χ2n) is 12.8.